The van der Waals surface area contributed by atoms with Gasteiger partial charge >= 0.3 is 0 Å². The maximum absolute atomic E-state index is 5.32. The fraction of sp³-hybridized carbons (Fsp3) is 1.00. The summed E-state index contributed by atoms with van der Waals surface area (Å²) in [6, 6.07) is 0. The highest BCUT2D eigenvalue weighted by atomic mass is 16.8. The van der Waals surface area contributed by atoms with E-state index in [9.17, 15) is 0 Å². The zero-order valence-corrected chi connectivity index (χ0v) is 4.96. The van der Waals surface area contributed by atoms with E-state index < -0.39 is 0 Å². The van der Waals surface area contributed by atoms with Crippen molar-refractivity contribution in [2.24, 2.45) is 11.7 Å². The second-order valence-electron chi connectivity index (χ2n) is 2.03. The third-order valence-electron chi connectivity index (χ3n) is 1.30. The molecule has 1 heterocycles. The van der Waals surface area contributed by atoms with E-state index in [1.165, 1.54) is 0 Å². The van der Waals surface area contributed by atoms with Gasteiger partial charge in [-0.15, -0.1) is 0 Å². The molecule has 1 rings (SSSR count). The van der Waals surface area contributed by atoms with Crippen LogP contribution in [0.4, 0.5) is 0 Å². The maximum Gasteiger partial charge on any atom is 0.167 e. The molecule has 1 unspecified atom stereocenters. The molecule has 0 bridgehead atoms. The lowest BCUT2D eigenvalue weighted by atomic mass is 10.2. The Bertz CT molecular complexity index is 70.1. The third kappa shape index (κ3) is 0.992. The van der Waals surface area contributed by atoms with Crippen LogP contribution in [0.15, 0.2) is 0 Å². The Morgan fingerprint density at radius 2 is 2.38 bits per heavy atom. The lowest BCUT2D eigenvalue weighted by Gasteiger charge is -2.30. The molecule has 1 saturated heterocycles. The van der Waals surface area contributed by atoms with Crippen LogP contribution in [0.1, 0.15) is 6.92 Å². The second kappa shape index (κ2) is 2.44. The van der Waals surface area contributed by atoms with E-state index in [4.69, 9.17) is 15.2 Å². The summed E-state index contributed by atoms with van der Waals surface area (Å²) in [5.74, 6) is 0.337. The first kappa shape index (κ1) is 6.01. The monoisotopic (exact) mass is 117 g/mol. The van der Waals surface area contributed by atoms with Gasteiger partial charge < -0.3 is 15.2 Å². The average Bonchev–Trinajstić information content (AvgIpc) is 1.62. The summed E-state index contributed by atoms with van der Waals surface area (Å²) in [7, 11) is 0. The van der Waals surface area contributed by atoms with Crippen molar-refractivity contribution in [3.63, 3.8) is 0 Å². The molecule has 0 aromatic heterocycles. The maximum atomic E-state index is 5.32. The molecule has 0 radical (unpaired) electrons. The molecule has 1 aliphatic heterocycles. The lowest BCUT2D eigenvalue weighted by Crippen LogP contribution is -2.39. The van der Waals surface area contributed by atoms with Gasteiger partial charge in [-0.1, -0.05) is 6.92 Å². The largest absolute Gasteiger partial charge is 0.330 e. The molecule has 3 nitrogen and oxygen atoms in total. The summed E-state index contributed by atoms with van der Waals surface area (Å²) >= 11 is 0. The Balaban J connectivity index is 2.13. The smallest absolute Gasteiger partial charge is 0.167 e. The molecule has 0 aliphatic carbocycles. The number of rotatable bonds is 2. The van der Waals surface area contributed by atoms with E-state index in [1.807, 2.05) is 6.92 Å². The number of nitrogens with two attached hydrogens (primary N) is 1. The van der Waals surface area contributed by atoms with Gasteiger partial charge in [0.1, 0.15) is 0 Å². The first-order valence-electron chi connectivity index (χ1n) is 2.78. The van der Waals surface area contributed by atoms with Gasteiger partial charge in [-0.05, 0) is 6.54 Å². The Kier molecular flexibility index (Phi) is 1.83. The molecule has 2 N–H and O–H groups in total. The minimum absolute atomic E-state index is 0.0278. The van der Waals surface area contributed by atoms with E-state index >= 15 is 0 Å². The predicted octanol–water partition coefficient (Wildman–Crippen LogP) is -0.0884. The topological polar surface area (TPSA) is 44.5 Å². The minimum atomic E-state index is -0.0278. The molecule has 1 aliphatic rings. The zero-order chi connectivity index (χ0) is 5.98. The highest BCUT2D eigenvalue weighted by Gasteiger charge is 2.24. The van der Waals surface area contributed by atoms with Crippen LogP contribution in [0.25, 0.3) is 0 Å². The standard InChI is InChI=1S/C5H11NO2/c1-4(2-6)5-7-3-8-5/h4-5H,2-3,6H2,1H3. The molecule has 8 heavy (non-hydrogen) atoms. The normalized spacial score (nSPS) is 24.8. The summed E-state index contributed by atoms with van der Waals surface area (Å²) in [6.07, 6.45) is -0.0278. The first-order valence-corrected chi connectivity index (χ1v) is 2.78. The van der Waals surface area contributed by atoms with Crippen molar-refractivity contribution >= 4 is 0 Å². The number of ether oxygens (including phenoxy) is 2. The van der Waals surface area contributed by atoms with Gasteiger partial charge in [0.2, 0.25) is 0 Å². The molecule has 48 valence electrons. The predicted molar refractivity (Wildman–Crippen MR) is 29.0 cm³/mol. The molecule has 0 aromatic carbocycles. The molecule has 0 saturated carbocycles. The van der Waals surface area contributed by atoms with Gasteiger partial charge in [0.15, 0.2) is 13.1 Å². The summed E-state index contributed by atoms with van der Waals surface area (Å²) in [5, 5.41) is 0. The van der Waals surface area contributed by atoms with Crippen molar-refractivity contribution in [1.82, 2.24) is 0 Å². The van der Waals surface area contributed by atoms with Crippen LogP contribution < -0.4 is 5.73 Å². The zero-order valence-electron chi connectivity index (χ0n) is 4.96. The SMILES string of the molecule is CC(CN)C1OCO1. The van der Waals surface area contributed by atoms with E-state index in [0.29, 0.717) is 19.3 Å². The van der Waals surface area contributed by atoms with Crippen LogP contribution in [-0.4, -0.2) is 19.6 Å². The first-order chi connectivity index (χ1) is 3.84. The molecular formula is C5H11NO2. The minimum Gasteiger partial charge on any atom is -0.330 e. The van der Waals surface area contributed by atoms with Crippen LogP contribution in [0.2, 0.25) is 0 Å². The van der Waals surface area contributed by atoms with Gasteiger partial charge in [0.05, 0.1) is 0 Å². The molecule has 0 amide bonds. The van der Waals surface area contributed by atoms with Gasteiger partial charge in [-0.3, -0.25) is 0 Å². The van der Waals surface area contributed by atoms with Crippen LogP contribution in [0.5, 0.6) is 0 Å². The lowest BCUT2D eigenvalue weighted by molar-refractivity contribution is -0.336. The summed E-state index contributed by atoms with van der Waals surface area (Å²) in [6.45, 7) is 3.07. The van der Waals surface area contributed by atoms with Crippen molar-refractivity contribution in [3.8, 4) is 0 Å². The molecule has 0 aromatic rings. The molecule has 0 spiro atoms. The number of hydrogen-bond donors (Lipinski definition) is 1. The van der Waals surface area contributed by atoms with Crippen molar-refractivity contribution in [2.75, 3.05) is 13.3 Å². The molecule has 3 heteroatoms. The second-order valence-corrected chi connectivity index (χ2v) is 2.03. The third-order valence-corrected chi connectivity index (χ3v) is 1.30. The summed E-state index contributed by atoms with van der Waals surface area (Å²) < 4.78 is 9.96. The van der Waals surface area contributed by atoms with Crippen LogP contribution in [0.3, 0.4) is 0 Å². The van der Waals surface area contributed by atoms with Crippen LogP contribution >= 0.6 is 0 Å². The van der Waals surface area contributed by atoms with Crippen molar-refractivity contribution in [3.05, 3.63) is 0 Å². The highest BCUT2D eigenvalue weighted by Crippen LogP contribution is 2.14. The van der Waals surface area contributed by atoms with E-state index in [0.717, 1.165) is 0 Å². The van der Waals surface area contributed by atoms with Gasteiger partial charge in [0.25, 0.3) is 0 Å². The molecular weight excluding hydrogens is 106 g/mol. The molecule has 1 atom stereocenters. The fourth-order valence-electron chi connectivity index (χ4n) is 0.586. The van der Waals surface area contributed by atoms with E-state index in [1.54, 1.807) is 0 Å². The van der Waals surface area contributed by atoms with Crippen molar-refractivity contribution in [1.29, 1.82) is 0 Å². The van der Waals surface area contributed by atoms with Crippen molar-refractivity contribution < 1.29 is 9.47 Å². The van der Waals surface area contributed by atoms with E-state index in [-0.39, 0.29) is 6.29 Å². The van der Waals surface area contributed by atoms with Crippen LogP contribution in [-0.2, 0) is 9.47 Å². The van der Waals surface area contributed by atoms with E-state index in [2.05, 4.69) is 0 Å². The summed E-state index contributed by atoms with van der Waals surface area (Å²) in [5.41, 5.74) is 5.32. The Morgan fingerprint density at radius 3 is 2.50 bits per heavy atom. The highest BCUT2D eigenvalue weighted by molar-refractivity contribution is 4.59. The Hall–Kier alpha value is -0.120. The fourth-order valence-corrected chi connectivity index (χ4v) is 0.586. The van der Waals surface area contributed by atoms with Gasteiger partial charge in [-0.2, -0.15) is 0 Å². The van der Waals surface area contributed by atoms with Gasteiger partial charge in [0, 0.05) is 5.92 Å². The Morgan fingerprint density at radius 1 is 1.75 bits per heavy atom. The van der Waals surface area contributed by atoms with Crippen LogP contribution in [0, 0.1) is 5.92 Å². The van der Waals surface area contributed by atoms with Gasteiger partial charge in [-0.25, -0.2) is 0 Å². The average molecular weight is 117 g/mol. The summed E-state index contributed by atoms with van der Waals surface area (Å²) in [4.78, 5) is 0. The number of hydrogen-bond acceptors (Lipinski definition) is 3. The molecule has 1 fully saturated rings. The Labute approximate surface area is 48.8 Å². The quantitative estimate of drug-likeness (QED) is 0.549. The van der Waals surface area contributed by atoms with Crippen molar-refractivity contribution in [2.45, 2.75) is 13.2 Å².